The number of hydrogen-bond acceptors (Lipinski definition) is 7. The van der Waals surface area contributed by atoms with Gasteiger partial charge in [-0.05, 0) is 18.2 Å². The number of carbonyl (C=O) groups excluding carboxylic acids is 3. The third-order valence-electron chi connectivity index (χ3n) is 3.68. The van der Waals surface area contributed by atoms with Gasteiger partial charge in [0.2, 0.25) is 11.8 Å². The van der Waals surface area contributed by atoms with Crippen molar-refractivity contribution in [3.63, 3.8) is 0 Å². The summed E-state index contributed by atoms with van der Waals surface area (Å²) in [7, 11) is 0. The van der Waals surface area contributed by atoms with E-state index in [2.05, 4.69) is 20.6 Å². The molecule has 1 aromatic carbocycles. The summed E-state index contributed by atoms with van der Waals surface area (Å²) in [4.78, 5) is 45.3. The van der Waals surface area contributed by atoms with E-state index in [1.807, 2.05) is 0 Å². The number of fused-ring (bicyclic) bond motifs is 1. The maximum atomic E-state index is 12.0. The molecule has 0 unspecified atom stereocenters. The van der Waals surface area contributed by atoms with Crippen molar-refractivity contribution in [1.29, 1.82) is 0 Å². The van der Waals surface area contributed by atoms with Crippen LogP contribution in [0.1, 0.15) is 12.8 Å². The van der Waals surface area contributed by atoms with Crippen LogP contribution in [0.3, 0.4) is 0 Å². The largest absolute Gasteiger partial charge is 0.325 e. The van der Waals surface area contributed by atoms with E-state index in [9.17, 15) is 14.4 Å². The SMILES string of the molecule is O=C(NC1=NCCS1)Nc1ccc2nc(N3C(=O)CCC3=O)sc2c1. The summed E-state index contributed by atoms with van der Waals surface area (Å²) in [5.41, 5.74) is 1.28. The van der Waals surface area contributed by atoms with Crippen molar-refractivity contribution >= 4 is 67.1 Å². The molecule has 1 saturated heterocycles. The number of aliphatic imine (C=N–C) groups is 1. The van der Waals surface area contributed by atoms with Gasteiger partial charge in [-0.15, -0.1) is 0 Å². The molecule has 4 rings (SSSR count). The van der Waals surface area contributed by atoms with Crippen molar-refractivity contribution in [1.82, 2.24) is 10.3 Å². The number of anilines is 2. The minimum absolute atomic E-state index is 0.225. The Hall–Kier alpha value is -2.46. The molecular weight excluding hydrogens is 362 g/mol. The lowest BCUT2D eigenvalue weighted by molar-refractivity contribution is -0.121. The molecular formula is C15H13N5O3S2. The van der Waals surface area contributed by atoms with Crippen molar-refractivity contribution in [3.8, 4) is 0 Å². The lowest BCUT2D eigenvalue weighted by Gasteiger charge is -2.07. The second-order valence-corrected chi connectivity index (χ2v) is 7.51. The Bertz CT molecular complexity index is 907. The van der Waals surface area contributed by atoms with Gasteiger partial charge in [-0.3, -0.25) is 19.9 Å². The normalized spacial score (nSPS) is 17.3. The molecule has 2 aliphatic heterocycles. The Kier molecular flexibility index (Phi) is 4.14. The second-order valence-electron chi connectivity index (χ2n) is 5.42. The Morgan fingerprint density at radius 3 is 2.68 bits per heavy atom. The molecule has 0 bridgehead atoms. The van der Waals surface area contributed by atoms with E-state index in [1.54, 1.807) is 18.2 Å². The number of amidine groups is 1. The molecule has 1 aromatic heterocycles. The van der Waals surface area contributed by atoms with E-state index in [0.717, 1.165) is 15.4 Å². The minimum atomic E-state index is -0.359. The molecule has 0 saturated carbocycles. The van der Waals surface area contributed by atoms with E-state index in [1.165, 1.54) is 23.1 Å². The van der Waals surface area contributed by atoms with Gasteiger partial charge in [0.25, 0.3) is 0 Å². The van der Waals surface area contributed by atoms with Gasteiger partial charge in [0, 0.05) is 24.3 Å². The number of hydrogen-bond donors (Lipinski definition) is 2. The first-order valence-corrected chi connectivity index (χ1v) is 9.42. The third-order valence-corrected chi connectivity index (χ3v) is 5.58. The Morgan fingerprint density at radius 1 is 1.16 bits per heavy atom. The van der Waals surface area contributed by atoms with Crippen LogP contribution < -0.4 is 15.5 Å². The molecule has 2 aliphatic rings. The number of rotatable bonds is 2. The van der Waals surface area contributed by atoms with Crippen LogP contribution in [0.4, 0.5) is 15.6 Å². The van der Waals surface area contributed by atoms with Crippen molar-refractivity contribution in [2.45, 2.75) is 12.8 Å². The molecule has 10 heteroatoms. The highest BCUT2D eigenvalue weighted by Crippen LogP contribution is 2.33. The van der Waals surface area contributed by atoms with Gasteiger partial charge >= 0.3 is 6.03 Å². The van der Waals surface area contributed by atoms with Gasteiger partial charge in [-0.2, -0.15) is 0 Å². The molecule has 8 nitrogen and oxygen atoms in total. The highest BCUT2D eigenvalue weighted by Gasteiger charge is 2.32. The molecule has 25 heavy (non-hydrogen) atoms. The fraction of sp³-hybridized carbons (Fsp3) is 0.267. The van der Waals surface area contributed by atoms with Crippen LogP contribution in [-0.4, -0.2) is 40.3 Å². The molecule has 3 heterocycles. The summed E-state index contributed by atoms with van der Waals surface area (Å²) >= 11 is 2.75. The molecule has 0 radical (unpaired) electrons. The highest BCUT2D eigenvalue weighted by atomic mass is 32.2. The van der Waals surface area contributed by atoms with Crippen LogP contribution >= 0.6 is 23.1 Å². The summed E-state index contributed by atoms with van der Waals surface area (Å²) < 4.78 is 0.785. The number of nitrogens with zero attached hydrogens (tertiary/aromatic N) is 3. The smallest absolute Gasteiger partial charge is 0.308 e. The summed E-state index contributed by atoms with van der Waals surface area (Å²) in [6.45, 7) is 0.712. The van der Waals surface area contributed by atoms with Gasteiger partial charge in [0.15, 0.2) is 10.3 Å². The van der Waals surface area contributed by atoms with E-state index in [0.29, 0.717) is 28.0 Å². The lowest BCUT2D eigenvalue weighted by atomic mass is 10.3. The number of thioether (sulfide) groups is 1. The second kappa shape index (κ2) is 6.45. The Labute approximate surface area is 150 Å². The molecule has 0 spiro atoms. The molecule has 0 aliphatic carbocycles. The summed E-state index contributed by atoms with van der Waals surface area (Å²) in [6, 6.07) is 4.88. The topological polar surface area (TPSA) is 104 Å². The van der Waals surface area contributed by atoms with Crippen LogP contribution in [-0.2, 0) is 9.59 Å². The average Bonchev–Trinajstić information content (AvgIpc) is 3.28. The van der Waals surface area contributed by atoms with Crippen LogP contribution in [0.25, 0.3) is 10.2 Å². The summed E-state index contributed by atoms with van der Waals surface area (Å²) in [5.74, 6) is 0.423. The minimum Gasteiger partial charge on any atom is -0.308 e. The first-order valence-electron chi connectivity index (χ1n) is 7.62. The monoisotopic (exact) mass is 375 g/mol. The van der Waals surface area contributed by atoms with Crippen molar-refractivity contribution < 1.29 is 14.4 Å². The lowest BCUT2D eigenvalue weighted by Crippen LogP contribution is -2.31. The van der Waals surface area contributed by atoms with Gasteiger partial charge in [-0.25, -0.2) is 14.7 Å². The van der Waals surface area contributed by atoms with Gasteiger partial charge in [0.1, 0.15) is 0 Å². The fourth-order valence-corrected chi connectivity index (χ4v) is 4.31. The van der Waals surface area contributed by atoms with E-state index in [4.69, 9.17) is 0 Å². The third kappa shape index (κ3) is 3.22. The summed E-state index contributed by atoms with van der Waals surface area (Å²) in [6.07, 6.45) is 0.452. The number of carbonyl (C=O) groups is 3. The number of urea groups is 1. The molecule has 128 valence electrons. The van der Waals surface area contributed by atoms with Crippen LogP contribution in [0.15, 0.2) is 23.2 Å². The zero-order valence-electron chi connectivity index (χ0n) is 12.9. The Morgan fingerprint density at radius 2 is 1.96 bits per heavy atom. The molecule has 1 fully saturated rings. The quantitative estimate of drug-likeness (QED) is 0.783. The standard InChI is InChI=1S/C15H13N5O3S2/c21-11-3-4-12(22)20(11)15-18-9-2-1-8(7-10(9)25-15)17-13(23)19-14-16-5-6-24-14/h1-2,7H,3-6H2,(H2,16,17,19,23). The number of amides is 4. The number of benzene rings is 1. The number of aromatic nitrogens is 1. The van der Waals surface area contributed by atoms with Crippen LogP contribution in [0.2, 0.25) is 0 Å². The summed E-state index contributed by atoms with van der Waals surface area (Å²) in [5, 5.41) is 6.43. The first-order chi connectivity index (χ1) is 12.1. The maximum absolute atomic E-state index is 12.0. The van der Waals surface area contributed by atoms with Crippen molar-refractivity contribution in [2.75, 3.05) is 22.5 Å². The van der Waals surface area contributed by atoms with Gasteiger partial charge < -0.3 is 5.32 Å². The number of thiazole rings is 1. The van der Waals surface area contributed by atoms with Crippen molar-refractivity contribution in [2.24, 2.45) is 4.99 Å². The fourth-order valence-electron chi connectivity index (χ4n) is 2.55. The predicted octanol–water partition coefficient (Wildman–Crippen LogP) is 2.17. The Balaban J connectivity index is 1.53. The van der Waals surface area contributed by atoms with E-state index in [-0.39, 0.29) is 30.7 Å². The van der Waals surface area contributed by atoms with Gasteiger partial charge in [0.05, 0.1) is 16.8 Å². The van der Waals surface area contributed by atoms with Crippen LogP contribution in [0.5, 0.6) is 0 Å². The maximum Gasteiger partial charge on any atom is 0.325 e. The molecule has 4 amide bonds. The van der Waals surface area contributed by atoms with Gasteiger partial charge in [-0.1, -0.05) is 23.1 Å². The highest BCUT2D eigenvalue weighted by molar-refractivity contribution is 8.14. The molecule has 0 atom stereocenters. The predicted molar refractivity (Wildman–Crippen MR) is 98.3 cm³/mol. The van der Waals surface area contributed by atoms with E-state index < -0.39 is 0 Å². The van der Waals surface area contributed by atoms with Crippen LogP contribution in [0, 0.1) is 0 Å². The molecule has 2 N–H and O–H groups in total. The first kappa shape index (κ1) is 16.0. The zero-order chi connectivity index (χ0) is 17.4. The number of nitrogens with one attached hydrogen (secondary N) is 2. The van der Waals surface area contributed by atoms with E-state index >= 15 is 0 Å². The zero-order valence-corrected chi connectivity index (χ0v) is 14.6. The number of imide groups is 1. The average molecular weight is 375 g/mol. The van der Waals surface area contributed by atoms with Crippen molar-refractivity contribution in [3.05, 3.63) is 18.2 Å². The molecule has 2 aromatic rings.